The second-order valence-corrected chi connectivity index (χ2v) is 6.13. The number of amides is 1. The van der Waals surface area contributed by atoms with E-state index in [0.29, 0.717) is 12.8 Å². The molecule has 4 nitrogen and oxygen atoms in total. The smallest absolute Gasteiger partial charge is 0.255 e. The molecule has 114 valence electrons. The van der Waals surface area contributed by atoms with Gasteiger partial charge < -0.3 is 16.0 Å². The van der Waals surface area contributed by atoms with Crippen LogP contribution < -0.4 is 11.1 Å². The number of hydrogen-bond donors (Lipinski definition) is 2. The molecular formula is C15H20FN3OS. The molecule has 0 aromatic heterocycles. The lowest BCUT2D eigenvalue weighted by Gasteiger charge is -2.40. The summed E-state index contributed by atoms with van der Waals surface area (Å²) in [7, 11) is 2.00. The van der Waals surface area contributed by atoms with E-state index in [4.69, 9.17) is 18.0 Å². The van der Waals surface area contributed by atoms with Gasteiger partial charge in [0.2, 0.25) is 0 Å². The summed E-state index contributed by atoms with van der Waals surface area (Å²) in [6, 6.07) is 4.54. The highest BCUT2D eigenvalue weighted by Crippen LogP contribution is 2.23. The Morgan fingerprint density at radius 3 is 2.57 bits per heavy atom. The van der Waals surface area contributed by atoms with Crippen molar-refractivity contribution in [2.24, 2.45) is 5.73 Å². The van der Waals surface area contributed by atoms with E-state index in [1.165, 1.54) is 12.1 Å². The molecule has 1 aromatic rings. The molecule has 1 aliphatic heterocycles. The molecular weight excluding hydrogens is 289 g/mol. The Morgan fingerprint density at radius 2 is 2.05 bits per heavy atom. The van der Waals surface area contributed by atoms with Crippen LogP contribution in [-0.2, 0) is 0 Å². The molecule has 0 spiro atoms. The summed E-state index contributed by atoms with van der Waals surface area (Å²) in [5.41, 5.74) is 5.91. The molecule has 0 bridgehead atoms. The maximum atomic E-state index is 13.9. The molecule has 1 amide bonds. The van der Waals surface area contributed by atoms with Crippen LogP contribution in [-0.4, -0.2) is 41.5 Å². The number of aryl methyl sites for hydroxylation is 1. The quantitative estimate of drug-likeness (QED) is 0.833. The average molecular weight is 309 g/mol. The van der Waals surface area contributed by atoms with E-state index in [-0.39, 0.29) is 10.6 Å². The van der Waals surface area contributed by atoms with Crippen molar-refractivity contribution in [1.29, 1.82) is 0 Å². The summed E-state index contributed by atoms with van der Waals surface area (Å²) in [5.74, 6) is -0.997. The first-order chi connectivity index (χ1) is 9.84. The normalized spacial score (nSPS) is 18.2. The van der Waals surface area contributed by atoms with Gasteiger partial charge in [-0.3, -0.25) is 4.79 Å². The van der Waals surface area contributed by atoms with E-state index in [1.807, 2.05) is 7.05 Å². The molecule has 0 atom stereocenters. The van der Waals surface area contributed by atoms with Crippen LogP contribution in [0.25, 0.3) is 0 Å². The summed E-state index contributed by atoms with van der Waals surface area (Å²) in [5, 5.41) is 2.86. The number of thiocarbonyl (C=S) groups is 1. The first kappa shape index (κ1) is 15.9. The maximum absolute atomic E-state index is 13.9. The van der Waals surface area contributed by atoms with E-state index >= 15 is 0 Å². The molecule has 0 radical (unpaired) electrons. The lowest BCUT2D eigenvalue weighted by molar-refractivity contribution is 0.0886. The number of nitrogens with one attached hydrogen (secondary N) is 1. The Kier molecular flexibility index (Phi) is 4.58. The van der Waals surface area contributed by atoms with Crippen molar-refractivity contribution in [3.8, 4) is 0 Å². The standard InChI is InChI=1S/C15H20FN3OS/c1-10-3-4-11(12(16)9-10)13(20)18-15(14(17)21)5-7-19(2)8-6-15/h3-4,9H,5-8H2,1-2H3,(H2,17,21)(H,18,20). The summed E-state index contributed by atoms with van der Waals surface area (Å²) in [6.45, 7) is 3.35. The minimum atomic E-state index is -0.726. The fourth-order valence-corrected chi connectivity index (χ4v) is 2.78. The van der Waals surface area contributed by atoms with Crippen molar-refractivity contribution >= 4 is 23.1 Å². The number of benzene rings is 1. The van der Waals surface area contributed by atoms with E-state index < -0.39 is 17.3 Å². The number of nitrogens with zero attached hydrogens (tertiary/aromatic N) is 1. The van der Waals surface area contributed by atoms with Gasteiger partial charge in [0, 0.05) is 13.1 Å². The van der Waals surface area contributed by atoms with Gasteiger partial charge in [-0.2, -0.15) is 0 Å². The SMILES string of the molecule is Cc1ccc(C(=O)NC2(C(N)=S)CCN(C)CC2)c(F)c1. The first-order valence-corrected chi connectivity index (χ1v) is 7.32. The third-order valence-corrected chi connectivity index (χ3v) is 4.43. The fourth-order valence-electron chi connectivity index (χ4n) is 2.52. The van der Waals surface area contributed by atoms with Gasteiger partial charge in [0.1, 0.15) is 5.82 Å². The van der Waals surface area contributed by atoms with E-state index in [0.717, 1.165) is 18.7 Å². The van der Waals surface area contributed by atoms with Crippen LogP contribution in [0.3, 0.4) is 0 Å². The Balaban J connectivity index is 2.21. The van der Waals surface area contributed by atoms with Crippen LogP contribution in [0.4, 0.5) is 4.39 Å². The summed E-state index contributed by atoms with van der Waals surface area (Å²) in [6.07, 6.45) is 1.27. The number of carbonyl (C=O) groups is 1. The van der Waals surface area contributed by atoms with Crippen molar-refractivity contribution in [1.82, 2.24) is 10.2 Å². The molecule has 0 saturated carbocycles. The van der Waals surface area contributed by atoms with Crippen molar-refractivity contribution < 1.29 is 9.18 Å². The number of piperidine rings is 1. The highest BCUT2D eigenvalue weighted by molar-refractivity contribution is 7.80. The van der Waals surface area contributed by atoms with Gasteiger partial charge in [-0.05, 0) is 44.5 Å². The molecule has 2 rings (SSSR count). The monoisotopic (exact) mass is 309 g/mol. The Bertz CT molecular complexity index is 568. The Labute approximate surface area is 129 Å². The topological polar surface area (TPSA) is 58.4 Å². The summed E-state index contributed by atoms with van der Waals surface area (Å²) in [4.78, 5) is 14.8. The van der Waals surface area contributed by atoms with Gasteiger partial charge in [-0.25, -0.2) is 4.39 Å². The molecule has 1 fully saturated rings. The van der Waals surface area contributed by atoms with Crippen molar-refractivity contribution in [2.45, 2.75) is 25.3 Å². The molecule has 1 saturated heterocycles. The van der Waals surface area contributed by atoms with Gasteiger partial charge in [-0.1, -0.05) is 18.3 Å². The van der Waals surface area contributed by atoms with Gasteiger partial charge >= 0.3 is 0 Å². The molecule has 21 heavy (non-hydrogen) atoms. The van der Waals surface area contributed by atoms with Crippen LogP contribution in [0.1, 0.15) is 28.8 Å². The second kappa shape index (κ2) is 6.07. The van der Waals surface area contributed by atoms with Crippen molar-refractivity contribution in [3.63, 3.8) is 0 Å². The zero-order valence-corrected chi connectivity index (χ0v) is 13.1. The molecule has 0 aliphatic carbocycles. The highest BCUT2D eigenvalue weighted by Gasteiger charge is 2.38. The lowest BCUT2D eigenvalue weighted by Crippen LogP contribution is -2.61. The van der Waals surface area contributed by atoms with Crippen molar-refractivity contribution in [3.05, 3.63) is 35.1 Å². The number of rotatable bonds is 3. The number of carbonyl (C=O) groups excluding carboxylic acids is 1. The zero-order chi connectivity index (χ0) is 15.6. The van der Waals surface area contributed by atoms with E-state index in [1.54, 1.807) is 13.0 Å². The van der Waals surface area contributed by atoms with Gasteiger partial charge in [-0.15, -0.1) is 0 Å². The van der Waals surface area contributed by atoms with Crippen LogP contribution in [0.5, 0.6) is 0 Å². The van der Waals surface area contributed by atoms with Gasteiger partial charge in [0.25, 0.3) is 5.91 Å². The molecule has 6 heteroatoms. The highest BCUT2D eigenvalue weighted by atomic mass is 32.1. The minimum Gasteiger partial charge on any atom is -0.391 e. The molecule has 1 aliphatic rings. The zero-order valence-electron chi connectivity index (χ0n) is 12.3. The van der Waals surface area contributed by atoms with Gasteiger partial charge in [0.05, 0.1) is 16.1 Å². The number of likely N-dealkylation sites (tertiary alicyclic amines) is 1. The summed E-state index contributed by atoms with van der Waals surface area (Å²) < 4.78 is 13.9. The van der Waals surface area contributed by atoms with Crippen molar-refractivity contribution in [2.75, 3.05) is 20.1 Å². The third-order valence-electron chi connectivity index (χ3n) is 4.03. The molecule has 1 aromatic carbocycles. The number of hydrogen-bond acceptors (Lipinski definition) is 3. The molecule has 0 unspecified atom stereocenters. The van der Waals surface area contributed by atoms with Gasteiger partial charge in [0.15, 0.2) is 0 Å². The first-order valence-electron chi connectivity index (χ1n) is 6.91. The fraction of sp³-hybridized carbons (Fsp3) is 0.467. The van der Waals surface area contributed by atoms with Crippen LogP contribution >= 0.6 is 12.2 Å². The second-order valence-electron chi connectivity index (χ2n) is 5.69. The average Bonchev–Trinajstić information content (AvgIpc) is 2.41. The largest absolute Gasteiger partial charge is 0.391 e. The number of halogens is 1. The minimum absolute atomic E-state index is 0.0233. The van der Waals surface area contributed by atoms with Crippen LogP contribution in [0.15, 0.2) is 18.2 Å². The molecule has 1 heterocycles. The lowest BCUT2D eigenvalue weighted by atomic mass is 9.87. The predicted octanol–water partition coefficient (Wildman–Crippen LogP) is 1.61. The van der Waals surface area contributed by atoms with E-state index in [2.05, 4.69) is 10.2 Å². The third kappa shape index (κ3) is 3.39. The van der Waals surface area contributed by atoms with Crippen LogP contribution in [0, 0.1) is 12.7 Å². The van der Waals surface area contributed by atoms with Crippen LogP contribution in [0.2, 0.25) is 0 Å². The molecule has 3 N–H and O–H groups in total. The number of nitrogens with two attached hydrogens (primary N) is 1. The van der Waals surface area contributed by atoms with E-state index in [9.17, 15) is 9.18 Å². The Hall–Kier alpha value is -1.53. The Morgan fingerprint density at radius 1 is 1.43 bits per heavy atom. The summed E-state index contributed by atoms with van der Waals surface area (Å²) >= 11 is 5.14. The maximum Gasteiger partial charge on any atom is 0.255 e. The predicted molar refractivity (Wildman–Crippen MR) is 84.9 cm³/mol.